The van der Waals surface area contributed by atoms with E-state index in [0.717, 1.165) is 45.2 Å². The molecule has 0 unspecified atom stereocenters. The van der Waals surface area contributed by atoms with Gasteiger partial charge in [0, 0.05) is 37.3 Å². The van der Waals surface area contributed by atoms with Crippen molar-refractivity contribution in [3.8, 4) is 5.75 Å². The largest absolute Gasteiger partial charge is 0.426 e. The minimum absolute atomic E-state index is 0.0966. The van der Waals surface area contributed by atoms with Crippen LogP contribution in [-0.2, 0) is 11.2 Å². The van der Waals surface area contributed by atoms with Gasteiger partial charge in [-0.3, -0.25) is 4.79 Å². The van der Waals surface area contributed by atoms with Gasteiger partial charge in [-0.2, -0.15) is 0 Å². The number of esters is 1. The highest BCUT2D eigenvalue weighted by atomic mass is 16.5. The van der Waals surface area contributed by atoms with Gasteiger partial charge in [0.1, 0.15) is 5.75 Å². The lowest BCUT2D eigenvalue weighted by atomic mass is 10.1. The fraction of sp³-hybridized carbons (Fsp3) is 0.656. The Hall–Kier alpha value is -2.07. The summed E-state index contributed by atoms with van der Waals surface area (Å²) in [6.45, 7) is 5.60. The maximum atomic E-state index is 12.4. The van der Waals surface area contributed by atoms with E-state index in [1.54, 1.807) is 0 Å². The van der Waals surface area contributed by atoms with Crippen molar-refractivity contribution < 1.29 is 9.53 Å². The number of allylic oxidation sites excluding steroid dienone is 4. The van der Waals surface area contributed by atoms with Gasteiger partial charge in [-0.1, -0.05) is 69.4 Å². The van der Waals surface area contributed by atoms with E-state index in [0.29, 0.717) is 18.2 Å². The molecule has 0 N–H and O–H groups in total. The third kappa shape index (κ3) is 10.1. The number of unbranched alkanes of at least 4 members (excludes halogenated alkanes) is 8. The number of benzene rings is 1. The van der Waals surface area contributed by atoms with Crippen LogP contribution in [0.25, 0.3) is 0 Å². The molecule has 0 aromatic heterocycles. The Morgan fingerprint density at radius 3 is 2.47 bits per heavy atom. The summed E-state index contributed by atoms with van der Waals surface area (Å²) in [5, 5.41) is 0. The van der Waals surface area contributed by atoms with Crippen LogP contribution >= 0.6 is 0 Å². The molecular formula is C32H50N2O2. The number of hydrogen-bond donors (Lipinski definition) is 0. The Bertz CT molecular complexity index is 831. The van der Waals surface area contributed by atoms with Gasteiger partial charge in [0.2, 0.25) is 0 Å². The third-order valence-electron chi connectivity index (χ3n) is 7.71. The van der Waals surface area contributed by atoms with Gasteiger partial charge >= 0.3 is 5.97 Å². The SMILES string of the molecule is CCCCC/C=C\C/C=C\CCCCCCCC(=O)Oc1ccc2c(c1)N(C[C@@H]1CCCN1C)CC2. The van der Waals surface area contributed by atoms with Crippen molar-refractivity contribution >= 4 is 11.7 Å². The van der Waals surface area contributed by atoms with E-state index in [1.807, 2.05) is 6.07 Å². The fourth-order valence-corrected chi connectivity index (χ4v) is 5.41. The molecule has 200 valence electrons. The van der Waals surface area contributed by atoms with Gasteiger partial charge < -0.3 is 14.5 Å². The molecule has 0 amide bonds. The minimum Gasteiger partial charge on any atom is -0.426 e. The van der Waals surface area contributed by atoms with E-state index in [2.05, 4.69) is 60.2 Å². The first-order valence-corrected chi connectivity index (χ1v) is 14.8. The molecule has 1 aromatic carbocycles. The average molecular weight is 495 g/mol. The summed E-state index contributed by atoms with van der Waals surface area (Å²) in [7, 11) is 2.24. The van der Waals surface area contributed by atoms with E-state index in [-0.39, 0.29) is 5.97 Å². The number of anilines is 1. The van der Waals surface area contributed by atoms with Crippen molar-refractivity contribution in [1.29, 1.82) is 0 Å². The zero-order chi connectivity index (χ0) is 25.4. The lowest BCUT2D eigenvalue weighted by Crippen LogP contribution is -2.37. The molecule has 1 fully saturated rings. The first kappa shape index (κ1) is 28.5. The molecule has 0 saturated carbocycles. The quantitative estimate of drug-likeness (QED) is 0.0955. The van der Waals surface area contributed by atoms with E-state index < -0.39 is 0 Å². The Kier molecular flexibility index (Phi) is 13.2. The second-order valence-electron chi connectivity index (χ2n) is 10.7. The highest BCUT2D eigenvalue weighted by molar-refractivity contribution is 5.73. The van der Waals surface area contributed by atoms with Crippen molar-refractivity contribution in [3.63, 3.8) is 0 Å². The number of hydrogen-bond acceptors (Lipinski definition) is 4. The molecule has 2 aliphatic rings. The van der Waals surface area contributed by atoms with Gasteiger partial charge in [0.15, 0.2) is 0 Å². The van der Waals surface area contributed by atoms with E-state index in [9.17, 15) is 4.79 Å². The normalized spacial score (nSPS) is 18.1. The van der Waals surface area contributed by atoms with Crippen LogP contribution in [0.3, 0.4) is 0 Å². The Balaban J connectivity index is 1.23. The van der Waals surface area contributed by atoms with Crippen LogP contribution in [0.5, 0.6) is 5.75 Å². The van der Waals surface area contributed by atoms with Crippen LogP contribution in [0, 0.1) is 0 Å². The lowest BCUT2D eigenvalue weighted by molar-refractivity contribution is -0.134. The van der Waals surface area contributed by atoms with E-state index >= 15 is 0 Å². The molecule has 0 aliphatic carbocycles. The van der Waals surface area contributed by atoms with E-state index in [1.165, 1.54) is 75.6 Å². The zero-order valence-corrected chi connectivity index (χ0v) is 23.1. The summed E-state index contributed by atoms with van der Waals surface area (Å²) in [5.74, 6) is 0.605. The number of likely N-dealkylation sites (N-methyl/N-ethyl adjacent to an activating group) is 1. The number of carbonyl (C=O) groups excluding carboxylic acids is 1. The van der Waals surface area contributed by atoms with Crippen molar-refractivity contribution in [2.24, 2.45) is 0 Å². The molecular weight excluding hydrogens is 444 g/mol. The molecule has 0 bridgehead atoms. The van der Waals surface area contributed by atoms with Gasteiger partial charge in [-0.25, -0.2) is 0 Å². The number of ether oxygens (including phenoxy) is 1. The lowest BCUT2D eigenvalue weighted by Gasteiger charge is -2.27. The maximum absolute atomic E-state index is 12.4. The number of fused-ring (bicyclic) bond motifs is 1. The Morgan fingerprint density at radius 2 is 1.72 bits per heavy atom. The van der Waals surface area contributed by atoms with Crippen molar-refractivity contribution in [1.82, 2.24) is 4.90 Å². The van der Waals surface area contributed by atoms with Crippen LogP contribution in [0.2, 0.25) is 0 Å². The third-order valence-corrected chi connectivity index (χ3v) is 7.71. The van der Waals surface area contributed by atoms with Crippen molar-refractivity contribution in [2.75, 3.05) is 31.6 Å². The van der Waals surface area contributed by atoms with Crippen molar-refractivity contribution in [2.45, 2.75) is 109 Å². The average Bonchev–Trinajstić information content (AvgIpc) is 3.47. The molecule has 0 spiro atoms. The summed E-state index contributed by atoms with van der Waals surface area (Å²) in [6, 6.07) is 6.84. The molecule has 3 rings (SSSR count). The monoisotopic (exact) mass is 494 g/mol. The number of carbonyl (C=O) groups is 1. The molecule has 0 radical (unpaired) electrons. The van der Waals surface area contributed by atoms with E-state index in [4.69, 9.17) is 4.74 Å². The summed E-state index contributed by atoms with van der Waals surface area (Å²) in [5.41, 5.74) is 2.64. The van der Waals surface area contributed by atoms with Crippen LogP contribution in [0.4, 0.5) is 5.69 Å². The molecule has 36 heavy (non-hydrogen) atoms. The predicted octanol–water partition coefficient (Wildman–Crippen LogP) is 7.86. The smallest absolute Gasteiger partial charge is 0.311 e. The highest BCUT2D eigenvalue weighted by Crippen LogP contribution is 2.33. The van der Waals surface area contributed by atoms with Crippen LogP contribution < -0.4 is 9.64 Å². The zero-order valence-electron chi connectivity index (χ0n) is 23.1. The Morgan fingerprint density at radius 1 is 0.972 bits per heavy atom. The summed E-state index contributed by atoms with van der Waals surface area (Å²) >= 11 is 0. The second kappa shape index (κ2) is 16.6. The Labute approximate surface area is 220 Å². The highest BCUT2D eigenvalue weighted by Gasteiger charge is 2.27. The van der Waals surface area contributed by atoms with Crippen molar-refractivity contribution in [3.05, 3.63) is 48.1 Å². The maximum Gasteiger partial charge on any atom is 0.311 e. The number of nitrogens with zero attached hydrogens (tertiary/aromatic N) is 2. The van der Waals surface area contributed by atoms with Gasteiger partial charge in [-0.15, -0.1) is 0 Å². The number of likely N-dealkylation sites (tertiary alicyclic amines) is 1. The fourth-order valence-electron chi connectivity index (χ4n) is 5.41. The standard InChI is InChI=1S/C32H50N2O2/c1-3-4-5-6-7-8-9-10-11-12-13-14-15-16-17-20-32(35)36-30-22-21-28-23-25-34(31(28)26-30)27-29-19-18-24-33(29)2/h7-8,10-11,21-22,26,29H,3-6,9,12-20,23-25,27H2,1-2H3/b8-7-,11-10-/t29-/m0/s1. The molecule has 4 nitrogen and oxygen atoms in total. The van der Waals surface area contributed by atoms with Crippen LogP contribution in [0.1, 0.15) is 102 Å². The van der Waals surface area contributed by atoms with Crippen LogP contribution in [-0.4, -0.2) is 43.6 Å². The topological polar surface area (TPSA) is 32.8 Å². The molecule has 4 heteroatoms. The molecule has 2 heterocycles. The summed E-state index contributed by atoms with van der Waals surface area (Å²) < 4.78 is 5.71. The molecule has 1 aromatic rings. The first-order valence-electron chi connectivity index (χ1n) is 14.8. The summed E-state index contributed by atoms with van der Waals surface area (Å²) in [4.78, 5) is 17.4. The summed E-state index contributed by atoms with van der Waals surface area (Å²) in [6.07, 6.45) is 26.5. The molecule has 2 aliphatic heterocycles. The van der Waals surface area contributed by atoms with Gasteiger partial charge in [-0.05, 0) is 83.0 Å². The minimum atomic E-state index is -0.0966. The van der Waals surface area contributed by atoms with Gasteiger partial charge in [0.05, 0.1) is 0 Å². The van der Waals surface area contributed by atoms with Gasteiger partial charge in [0.25, 0.3) is 0 Å². The predicted molar refractivity (Wildman–Crippen MR) is 153 cm³/mol. The molecule has 1 atom stereocenters. The molecule has 1 saturated heterocycles. The number of rotatable bonds is 17. The van der Waals surface area contributed by atoms with Crippen LogP contribution in [0.15, 0.2) is 42.5 Å². The first-order chi connectivity index (χ1) is 17.7. The second-order valence-corrected chi connectivity index (χ2v) is 10.7.